The van der Waals surface area contributed by atoms with Gasteiger partial charge in [0.15, 0.2) is 0 Å². The lowest BCUT2D eigenvalue weighted by Crippen LogP contribution is -2.32. The van der Waals surface area contributed by atoms with E-state index < -0.39 is 6.29 Å². The lowest BCUT2D eigenvalue weighted by molar-refractivity contribution is -0.165. The molecule has 2 aliphatic heterocycles. The second-order valence-electron chi connectivity index (χ2n) is 4.68. The molecule has 0 spiro atoms. The number of cyclic esters (lactones) is 2. The monoisotopic (exact) mass is 289 g/mol. The van der Waals surface area contributed by atoms with Crippen LogP contribution < -0.4 is 5.73 Å². The first-order chi connectivity index (χ1) is 9.47. The van der Waals surface area contributed by atoms with Crippen LogP contribution in [0.3, 0.4) is 0 Å². The highest BCUT2D eigenvalue weighted by atomic mass is 16.7. The molecule has 0 aromatic heterocycles. The first kappa shape index (κ1) is 16.9. The average Bonchev–Trinajstić information content (AvgIpc) is 2.84. The smallest absolute Gasteiger partial charge is 0.309 e. The summed E-state index contributed by atoms with van der Waals surface area (Å²) in [6, 6.07) is -0.285. The molecule has 2 saturated heterocycles. The average molecular weight is 289 g/mol. The van der Waals surface area contributed by atoms with E-state index in [0.717, 1.165) is 0 Å². The van der Waals surface area contributed by atoms with Crippen LogP contribution in [0.25, 0.3) is 0 Å². The summed E-state index contributed by atoms with van der Waals surface area (Å²) in [5, 5.41) is 0. The van der Waals surface area contributed by atoms with E-state index in [1.165, 1.54) is 0 Å². The fraction of sp³-hybridized carbons (Fsp3) is 0.846. The third-order valence-electron chi connectivity index (χ3n) is 2.86. The molecule has 2 heterocycles. The summed E-state index contributed by atoms with van der Waals surface area (Å²) in [7, 11) is 0. The predicted molar refractivity (Wildman–Crippen MR) is 69.4 cm³/mol. The minimum Gasteiger partial charge on any atom is -0.435 e. The minimum absolute atomic E-state index is 0.147. The summed E-state index contributed by atoms with van der Waals surface area (Å²) in [5.74, 6) is -0.204. The molecule has 0 saturated carbocycles. The number of esters is 2. The molecule has 0 bridgehead atoms. The van der Waals surface area contributed by atoms with Gasteiger partial charge in [0.05, 0.1) is 18.9 Å². The van der Waals surface area contributed by atoms with Gasteiger partial charge in [0.2, 0.25) is 12.6 Å². The topological polar surface area (TPSA) is 97.1 Å². The molecule has 0 aliphatic carbocycles. The number of hydrogen-bond donors (Lipinski definition) is 1. The Labute approximate surface area is 118 Å². The molecule has 0 radical (unpaired) electrons. The van der Waals surface area contributed by atoms with Gasteiger partial charge in [0, 0.05) is 19.1 Å². The third kappa shape index (κ3) is 5.07. The molecule has 0 aromatic carbocycles. The summed E-state index contributed by atoms with van der Waals surface area (Å²) in [6.07, 6.45) is -0.0509. The second-order valence-corrected chi connectivity index (χ2v) is 4.68. The van der Waals surface area contributed by atoms with Gasteiger partial charge >= 0.3 is 11.9 Å². The molecule has 7 nitrogen and oxygen atoms in total. The van der Waals surface area contributed by atoms with Gasteiger partial charge in [0.25, 0.3) is 0 Å². The van der Waals surface area contributed by atoms with Gasteiger partial charge < -0.3 is 24.7 Å². The van der Waals surface area contributed by atoms with Crippen LogP contribution >= 0.6 is 0 Å². The minimum atomic E-state index is -0.516. The quantitative estimate of drug-likeness (QED) is 0.755. The third-order valence-corrected chi connectivity index (χ3v) is 2.86. The number of hydrogen-bond acceptors (Lipinski definition) is 7. The van der Waals surface area contributed by atoms with E-state index >= 15 is 0 Å². The molecule has 7 heteroatoms. The number of nitrogens with two attached hydrogens (primary N) is 1. The van der Waals surface area contributed by atoms with Crippen LogP contribution in [0, 0.1) is 5.92 Å². The predicted octanol–water partition coefficient (Wildman–Crippen LogP) is 0.555. The Balaban J connectivity index is 0.000000200. The van der Waals surface area contributed by atoms with Crippen LogP contribution in [-0.4, -0.2) is 43.8 Å². The Morgan fingerprint density at radius 2 is 1.55 bits per heavy atom. The molecule has 0 aromatic rings. The van der Waals surface area contributed by atoms with Crippen molar-refractivity contribution in [2.24, 2.45) is 11.7 Å². The number of ether oxygens (including phenoxy) is 4. The number of rotatable bonds is 4. The number of carbonyl (C=O) groups excluding carboxylic acids is 2. The van der Waals surface area contributed by atoms with Crippen molar-refractivity contribution < 1.29 is 28.5 Å². The maximum atomic E-state index is 10.6. The maximum absolute atomic E-state index is 10.6. The zero-order valence-corrected chi connectivity index (χ0v) is 12.2. The van der Waals surface area contributed by atoms with Gasteiger partial charge in [-0.05, 0) is 13.8 Å². The molecule has 20 heavy (non-hydrogen) atoms. The molecule has 116 valence electrons. The Hall–Kier alpha value is -1.18. The zero-order valence-electron chi connectivity index (χ0n) is 12.2. The maximum Gasteiger partial charge on any atom is 0.309 e. The van der Waals surface area contributed by atoms with E-state index in [2.05, 4.69) is 0 Å². The van der Waals surface area contributed by atoms with Crippen molar-refractivity contribution in [3.05, 3.63) is 0 Å². The van der Waals surface area contributed by atoms with Crippen molar-refractivity contribution in [2.75, 3.05) is 13.2 Å². The lowest BCUT2D eigenvalue weighted by atomic mass is 10.1. The summed E-state index contributed by atoms with van der Waals surface area (Å²) < 4.78 is 19.7. The first-order valence-electron chi connectivity index (χ1n) is 6.85. The molecule has 0 unspecified atom stereocenters. The van der Waals surface area contributed by atoms with Gasteiger partial charge in [-0.3, -0.25) is 9.59 Å². The van der Waals surface area contributed by atoms with E-state index in [0.29, 0.717) is 19.6 Å². The van der Waals surface area contributed by atoms with Crippen LogP contribution in [0.5, 0.6) is 0 Å². The van der Waals surface area contributed by atoms with Crippen LogP contribution in [-0.2, 0) is 28.5 Å². The van der Waals surface area contributed by atoms with Gasteiger partial charge in [-0.1, -0.05) is 6.92 Å². The van der Waals surface area contributed by atoms with Gasteiger partial charge in [-0.15, -0.1) is 0 Å². The fourth-order valence-electron chi connectivity index (χ4n) is 1.89. The fourth-order valence-corrected chi connectivity index (χ4v) is 1.89. The molecule has 2 rings (SSSR count). The van der Waals surface area contributed by atoms with E-state index in [9.17, 15) is 9.59 Å². The largest absolute Gasteiger partial charge is 0.435 e. The van der Waals surface area contributed by atoms with Crippen molar-refractivity contribution in [3.63, 3.8) is 0 Å². The molecule has 2 N–H and O–H groups in total. The summed E-state index contributed by atoms with van der Waals surface area (Å²) in [4.78, 5) is 21.2. The van der Waals surface area contributed by atoms with Crippen LogP contribution in [0.15, 0.2) is 0 Å². The summed E-state index contributed by atoms with van der Waals surface area (Å²) >= 11 is 0. The van der Waals surface area contributed by atoms with E-state index in [1.54, 1.807) is 0 Å². The van der Waals surface area contributed by atoms with Gasteiger partial charge in [-0.25, -0.2) is 0 Å². The number of carbonyl (C=O) groups is 2. The first-order valence-corrected chi connectivity index (χ1v) is 6.85. The molecular weight excluding hydrogens is 266 g/mol. The van der Waals surface area contributed by atoms with Crippen molar-refractivity contribution in [3.8, 4) is 0 Å². The van der Waals surface area contributed by atoms with Crippen LogP contribution in [0.1, 0.15) is 33.6 Å². The van der Waals surface area contributed by atoms with Gasteiger partial charge in [-0.2, -0.15) is 0 Å². The summed E-state index contributed by atoms with van der Waals surface area (Å²) in [5.41, 5.74) is 5.48. The van der Waals surface area contributed by atoms with Gasteiger partial charge in [0.1, 0.15) is 0 Å². The standard InChI is InChI=1S/C7H12O3.C6H11NO3/c1-3-9-7-5(2)4-6(8)10-7;1-2-9-6-4(7)3-5(8)10-6/h5,7H,3-4H2,1-2H3;4,6H,2-3,7H2,1H3/t5-,7-;4-,6-/m00/s1. The Bertz CT molecular complexity index is 303. The van der Waals surface area contributed by atoms with Crippen molar-refractivity contribution in [1.29, 1.82) is 0 Å². The van der Waals surface area contributed by atoms with Crippen LogP contribution in [0.4, 0.5) is 0 Å². The highest BCUT2D eigenvalue weighted by Crippen LogP contribution is 2.21. The molecule has 2 fully saturated rings. The zero-order chi connectivity index (χ0) is 15.1. The molecule has 2 aliphatic rings. The van der Waals surface area contributed by atoms with Crippen molar-refractivity contribution in [1.82, 2.24) is 0 Å². The SMILES string of the molecule is CCO[C@H]1OC(=O)C[C@@H]1C.CCO[C@H]1OC(=O)C[C@@H]1N. The highest BCUT2D eigenvalue weighted by molar-refractivity contribution is 5.72. The van der Waals surface area contributed by atoms with Crippen molar-refractivity contribution >= 4 is 11.9 Å². The lowest BCUT2D eigenvalue weighted by Gasteiger charge is -2.12. The molecule has 4 atom stereocenters. The van der Waals surface area contributed by atoms with Crippen LogP contribution in [0.2, 0.25) is 0 Å². The Kier molecular flexibility index (Phi) is 6.90. The Morgan fingerprint density at radius 3 is 1.95 bits per heavy atom. The Morgan fingerprint density at radius 1 is 1.05 bits per heavy atom. The van der Waals surface area contributed by atoms with Crippen molar-refractivity contribution in [2.45, 2.75) is 52.2 Å². The normalized spacial score (nSPS) is 32.4. The summed E-state index contributed by atoms with van der Waals surface area (Å²) in [6.45, 7) is 6.79. The highest BCUT2D eigenvalue weighted by Gasteiger charge is 2.32. The van der Waals surface area contributed by atoms with E-state index in [4.69, 9.17) is 24.7 Å². The molecular formula is C13H23NO6. The van der Waals surface area contributed by atoms with E-state index in [1.807, 2.05) is 20.8 Å². The molecule has 0 amide bonds. The second kappa shape index (κ2) is 8.18. The van der Waals surface area contributed by atoms with E-state index in [-0.39, 0.29) is 36.6 Å².